The van der Waals surface area contributed by atoms with Crippen molar-refractivity contribution in [3.8, 4) is 11.5 Å². The summed E-state index contributed by atoms with van der Waals surface area (Å²) in [7, 11) is 0. The second-order valence-corrected chi connectivity index (χ2v) is 4.30. The fourth-order valence-electron chi connectivity index (χ4n) is 1.73. The van der Waals surface area contributed by atoms with Gasteiger partial charge in [0.25, 0.3) is 0 Å². The Morgan fingerprint density at radius 2 is 1.95 bits per heavy atom. The lowest BCUT2D eigenvalue weighted by Crippen LogP contribution is -2.29. The van der Waals surface area contributed by atoms with Crippen LogP contribution in [0.25, 0.3) is 0 Å². The Morgan fingerprint density at radius 3 is 2.59 bits per heavy atom. The van der Waals surface area contributed by atoms with Crippen LogP contribution in [0.4, 0.5) is 5.69 Å². The molecule has 0 radical (unpaired) electrons. The third kappa shape index (κ3) is 5.90. The number of aliphatic imine (C=N–C) groups is 1. The average Bonchev–Trinajstić information content (AvgIpc) is 2.49. The SMILES string of the molecule is CCNC(=O)CN=C(N)Nc1cc(OCC)ccc1OCC. The molecule has 122 valence electrons. The van der Waals surface area contributed by atoms with Crippen molar-refractivity contribution >= 4 is 17.6 Å². The molecule has 0 aliphatic heterocycles. The number of hydrogen-bond donors (Lipinski definition) is 3. The minimum absolute atomic E-state index is 0.0260. The normalized spacial score (nSPS) is 11.0. The first-order valence-electron chi connectivity index (χ1n) is 7.33. The smallest absolute Gasteiger partial charge is 0.241 e. The molecule has 22 heavy (non-hydrogen) atoms. The Bertz CT molecular complexity index is 518. The lowest BCUT2D eigenvalue weighted by molar-refractivity contribution is -0.119. The predicted molar refractivity (Wildman–Crippen MR) is 87.6 cm³/mol. The van der Waals surface area contributed by atoms with E-state index in [1.165, 1.54) is 0 Å². The molecule has 7 nitrogen and oxygen atoms in total. The van der Waals surface area contributed by atoms with Gasteiger partial charge in [0.1, 0.15) is 18.0 Å². The van der Waals surface area contributed by atoms with Crippen molar-refractivity contribution in [3.63, 3.8) is 0 Å². The van der Waals surface area contributed by atoms with Crippen LogP contribution >= 0.6 is 0 Å². The summed E-state index contributed by atoms with van der Waals surface area (Å²) in [6.07, 6.45) is 0. The number of carbonyl (C=O) groups excluding carboxylic acids is 1. The van der Waals surface area contributed by atoms with Crippen molar-refractivity contribution in [1.82, 2.24) is 5.32 Å². The molecule has 0 aromatic heterocycles. The highest BCUT2D eigenvalue weighted by Gasteiger charge is 2.07. The molecule has 0 fully saturated rings. The number of nitrogens with zero attached hydrogens (tertiary/aromatic N) is 1. The summed E-state index contributed by atoms with van der Waals surface area (Å²) in [6.45, 7) is 7.27. The highest BCUT2D eigenvalue weighted by Crippen LogP contribution is 2.29. The average molecular weight is 308 g/mol. The van der Waals surface area contributed by atoms with Gasteiger partial charge in [-0.05, 0) is 32.9 Å². The highest BCUT2D eigenvalue weighted by atomic mass is 16.5. The molecule has 0 saturated carbocycles. The molecule has 0 heterocycles. The van der Waals surface area contributed by atoms with Gasteiger partial charge in [-0.15, -0.1) is 0 Å². The van der Waals surface area contributed by atoms with Crippen molar-refractivity contribution in [2.24, 2.45) is 10.7 Å². The van der Waals surface area contributed by atoms with E-state index in [2.05, 4.69) is 15.6 Å². The summed E-state index contributed by atoms with van der Waals surface area (Å²) >= 11 is 0. The molecule has 1 rings (SSSR count). The Morgan fingerprint density at radius 1 is 1.23 bits per heavy atom. The molecule has 0 bridgehead atoms. The van der Waals surface area contributed by atoms with E-state index in [0.29, 0.717) is 36.9 Å². The topological polar surface area (TPSA) is 98.0 Å². The number of hydrogen-bond acceptors (Lipinski definition) is 4. The van der Waals surface area contributed by atoms with Crippen molar-refractivity contribution in [2.75, 3.05) is 31.6 Å². The molecule has 0 atom stereocenters. The summed E-state index contributed by atoms with van der Waals surface area (Å²) in [6, 6.07) is 5.40. The standard InChI is InChI=1S/C15H24N4O3/c1-4-17-14(20)10-18-15(16)19-12-9-11(21-5-2)7-8-13(12)22-6-3/h7-9H,4-6,10H2,1-3H3,(H,17,20)(H3,16,18,19). The number of benzene rings is 1. The van der Waals surface area contributed by atoms with E-state index < -0.39 is 0 Å². The molecular weight excluding hydrogens is 284 g/mol. The van der Waals surface area contributed by atoms with Crippen molar-refractivity contribution in [2.45, 2.75) is 20.8 Å². The van der Waals surface area contributed by atoms with E-state index in [-0.39, 0.29) is 18.4 Å². The fourth-order valence-corrected chi connectivity index (χ4v) is 1.73. The van der Waals surface area contributed by atoms with Crippen LogP contribution in [0, 0.1) is 0 Å². The number of carbonyl (C=O) groups is 1. The minimum Gasteiger partial charge on any atom is -0.494 e. The monoisotopic (exact) mass is 308 g/mol. The fraction of sp³-hybridized carbons (Fsp3) is 0.467. The second kappa shape index (κ2) is 9.49. The molecule has 4 N–H and O–H groups in total. The first kappa shape index (κ1) is 17.6. The van der Waals surface area contributed by atoms with Crippen LogP contribution in [0.15, 0.2) is 23.2 Å². The molecule has 0 spiro atoms. The van der Waals surface area contributed by atoms with Crippen molar-refractivity contribution in [1.29, 1.82) is 0 Å². The van der Waals surface area contributed by atoms with Crippen LogP contribution in [0.3, 0.4) is 0 Å². The zero-order valence-corrected chi connectivity index (χ0v) is 13.3. The summed E-state index contributed by atoms with van der Waals surface area (Å²) in [5.41, 5.74) is 6.45. The maximum Gasteiger partial charge on any atom is 0.241 e. The van der Waals surface area contributed by atoms with Crippen LogP contribution in [0.2, 0.25) is 0 Å². The van der Waals surface area contributed by atoms with E-state index in [1.807, 2.05) is 26.8 Å². The zero-order chi connectivity index (χ0) is 16.4. The second-order valence-electron chi connectivity index (χ2n) is 4.30. The lowest BCUT2D eigenvalue weighted by Gasteiger charge is -2.13. The maximum absolute atomic E-state index is 11.4. The minimum atomic E-state index is -0.180. The Balaban J connectivity index is 2.81. The van der Waals surface area contributed by atoms with E-state index in [0.717, 1.165) is 0 Å². The Hall–Kier alpha value is -2.44. The van der Waals surface area contributed by atoms with Gasteiger partial charge in [-0.2, -0.15) is 0 Å². The number of ether oxygens (including phenoxy) is 2. The van der Waals surface area contributed by atoms with Gasteiger partial charge in [0.15, 0.2) is 5.96 Å². The number of anilines is 1. The summed E-state index contributed by atoms with van der Waals surface area (Å²) in [5.74, 6) is 1.30. The van der Waals surface area contributed by atoms with E-state index in [9.17, 15) is 4.79 Å². The summed E-state index contributed by atoms with van der Waals surface area (Å²) in [4.78, 5) is 15.4. The third-order valence-corrected chi connectivity index (χ3v) is 2.59. The summed E-state index contributed by atoms with van der Waals surface area (Å²) < 4.78 is 11.0. The van der Waals surface area contributed by atoms with Gasteiger partial charge < -0.3 is 25.8 Å². The van der Waals surface area contributed by atoms with Gasteiger partial charge in [-0.25, -0.2) is 4.99 Å². The van der Waals surface area contributed by atoms with Crippen molar-refractivity contribution in [3.05, 3.63) is 18.2 Å². The van der Waals surface area contributed by atoms with E-state index in [1.54, 1.807) is 12.1 Å². The number of amides is 1. The third-order valence-electron chi connectivity index (χ3n) is 2.59. The molecular formula is C15H24N4O3. The number of likely N-dealkylation sites (N-methyl/N-ethyl adjacent to an activating group) is 1. The van der Waals surface area contributed by atoms with Gasteiger partial charge >= 0.3 is 0 Å². The first-order chi connectivity index (χ1) is 10.6. The number of nitrogens with one attached hydrogen (secondary N) is 2. The number of rotatable bonds is 8. The number of nitrogens with two attached hydrogens (primary N) is 1. The lowest BCUT2D eigenvalue weighted by atomic mass is 10.2. The van der Waals surface area contributed by atoms with Crippen LogP contribution in [0.5, 0.6) is 11.5 Å². The maximum atomic E-state index is 11.4. The van der Waals surface area contributed by atoms with Crippen LogP contribution < -0.4 is 25.8 Å². The van der Waals surface area contributed by atoms with Gasteiger partial charge in [0, 0.05) is 12.6 Å². The van der Waals surface area contributed by atoms with E-state index in [4.69, 9.17) is 15.2 Å². The van der Waals surface area contributed by atoms with Crippen LogP contribution in [-0.2, 0) is 4.79 Å². The quantitative estimate of drug-likeness (QED) is 0.497. The van der Waals surface area contributed by atoms with Crippen molar-refractivity contribution < 1.29 is 14.3 Å². The van der Waals surface area contributed by atoms with Gasteiger partial charge in [-0.1, -0.05) is 0 Å². The predicted octanol–water partition coefficient (Wildman–Crippen LogP) is 1.35. The molecule has 0 aliphatic carbocycles. The van der Waals surface area contributed by atoms with Gasteiger partial charge in [0.05, 0.1) is 18.9 Å². The Kier molecular flexibility index (Phi) is 7.60. The molecule has 1 amide bonds. The molecule has 0 saturated heterocycles. The zero-order valence-electron chi connectivity index (χ0n) is 13.3. The molecule has 1 aromatic carbocycles. The summed E-state index contributed by atoms with van der Waals surface area (Å²) in [5, 5.41) is 5.58. The number of guanidine groups is 1. The molecule has 0 aliphatic rings. The van der Waals surface area contributed by atoms with Crippen LogP contribution in [-0.4, -0.2) is 38.2 Å². The molecule has 0 unspecified atom stereocenters. The Labute approximate surface area is 130 Å². The van der Waals surface area contributed by atoms with Gasteiger partial charge in [0.2, 0.25) is 5.91 Å². The molecule has 1 aromatic rings. The largest absolute Gasteiger partial charge is 0.494 e. The molecule has 7 heteroatoms. The van der Waals surface area contributed by atoms with Gasteiger partial charge in [-0.3, -0.25) is 4.79 Å². The van der Waals surface area contributed by atoms with Crippen LogP contribution in [0.1, 0.15) is 20.8 Å². The van der Waals surface area contributed by atoms with E-state index >= 15 is 0 Å². The first-order valence-corrected chi connectivity index (χ1v) is 7.33. The highest BCUT2D eigenvalue weighted by molar-refractivity contribution is 5.95.